The lowest BCUT2D eigenvalue weighted by Crippen LogP contribution is -2.16. The number of ether oxygens (including phenoxy) is 2. The molecular formula is C23H17BrF3N3O4. The Morgan fingerprint density at radius 2 is 1.88 bits per heavy atom. The van der Waals surface area contributed by atoms with Crippen molar-refractivity contribution in [1.29, 1.82) is 0 Å². The Hall–Kier alpha value is -3.60. The minimum absolute atomic E-state index is 0.143. The monoisotopic (exact) mass is 535 g/mol. The minimum atomic E-state index is -4.78. The highest BCUT2D eigenvalue weighted by atomic mass is 79.9. The second kappa shape index (κ2) is 9.34. The normalized spacial score (nSPS) is 11.5. The van der Waals surface area contributed by atoms with Crippen LogP contribution in [-0.4, -0.2) is 33.7 Å². The summed E-state index contributed by atoms with van der Waals surface area (Å²) in [6.07, 6.45) is -3.17. The van der Waals surface area contributed by atoms with Gasteiger partial charge in [0.05, 0.1) is 12.3 Å². The lowest BCUT2D eigenvalue weighted by Gasteiger charge is -2.11. The van der Waals surface area contributed by atoms with E-state index in [9.17, 15) is 18.0 Å². The second-order valence-corrected chi connectivity index (χ2v) is 7.93. The highest BCUT2D eigenvalue weighted by Crippen LogP contribution is 2.38. The fourth-order valence-corrected chi connectivity index (χ4v) is 3.64. The molecule has 0 fully saturated rings. The standard InChI is InChI=1S/C23H17BrF3N3O4/c1-3-32-22(31)18-10-11-30(29-18)19-9-6-15(24)12-17(19)21-20(28-13(2)33-21)14-4-7-16(8-5-14)34-23(25,26)27/h4-12H,3H2,1-2H3. The van der Waals surface area contributed by atoms with Crippen molar-refractivity contribution in [3.63, 3.8) is 0 Å². The molecule has 0 atom stereocenters. The van der Waals surface area contributed by atoms with Crippen molar-refractivity contribution < 1.29 is 31.9 Å². The predicted octanol–water partition coefficient (Wildman–Crippen LogP) is 6.34. The van der Waals surface area contributed by atoms with E-state index < -0.39 is 12.3 Å². The van der Waals surface area contributed by atoms with Crippen molar-refractivity contribution in [1.82, 2.24) is 14.8 Å². The summed E-state index contributed by atoms with van der Waals surface area (Å²) >= 11 is 3.45. The molecule has 4 rings (SSSR count). The molecule has 2 heterocycles. The number of carbonyl (C=O) groups is 1. The van der Waals surface area contributed by atoms with Crippen LogP contribution in [0.1, 0.15) is 23.3 Å². The Labute approximate surface area is 200 Å². The highest BCUT2D eigenvalue weighted by Gasteiger charge is 2.31. The van der Waals surface area contributed by atoms with Crippen molar-refractivity contribution in [2.24, 2.45) is 0 Å². The van der Waals surface area contributed by atoms with Crippen LogP contribution in [0.2, 0.25) is 0 Å². The Morgan fingerprint density at radius 3 is 2.56 bits per heavy atom. The number of halogens is 4. The van der Waals surface area contributed by atoms with E-state index >= 15 is 0 Å². The fourth-order valence-electron chi connectivity index (χ4n) is 3.28. The average molecular weight is 536 g/mol. The number of aromatic nitrogens is 3. The summed E-state index contributed by atoms with van der Waals surface area (Å²) < 4.78 is 54.6. The van der Waals surface area contributed by atoms with Gasteiger partial charge < -0.3 is 13.9 Å². The van der Waals surface area contributed by atoms with E-state index in [2.05, 4.69) is 30.7 Å². The van der Waals surface area contributed by atoms with E-state index in [1.807, 2.05) is 0 Å². The van der Waals surface area contributed by atoms with Crippen LogP contribution in [0.5, 0.6) is 5.75 Å². The van der Waals surface area contributed by atoms with Gasteiger partial charge in [-0.3, -0.25) is 0 Å². The number of oxazole rings is 1. The third-order valence-corrected chi connectivity index (χ3v) is 5.11. The Bertz CT molecular complexity index is 1330. The van der Waals surface area contributed by atoms with Gasteiger partial charge in [0.2, 0.25) is 0 Å². The fraction of sp³-hybridized carbons (Fsp3) is 0.174. The number of esters is 1. The van der Waals surface area contributed by atoms with Gasteiger partial charge in [-0.05, 0) is 55.5 Å². The molecule has 2 aromatic heterocycles. The van der Waals surface area contributed by atoms with Crippen LogP contribution < -0.4 is 4.74 Å². The second-order valence-electron chi connectivity index (χ2n) is 7.01. The first-order chi connectivity index (χ1) is 16.1. The van der Waals surface area contributed by atoms with Crippen LogP contribution in [0.3, 0.4) is 0 Å². The first-order valence-corrected chi connectivity index (χ1v) is 10.8. The van der Waals surface area contributed by atoms with Gasteiger partial charge in [0.15, 0.2) is 17.3 Å². The largest absolute Gasteiger partial charge is 0.573 e. The highest BCUT2D eigenvalue weighted by molar-refractivity contribution is 9.10. The van der Waals surface area contributed by atoms with Crippen LogP contribution >= 0.6 is 15.9 Å². The first-order valence-electron chi connectivity index (χ1n) is 10.0. The van der Waals surface area contributed by atoms with Gasteiger partial charge in [-0.2, -0.15) is 5.10 Å². The number of alkyl halides is 3. The summed E-state index contributed by atoms with van der Waals surface area (Å²) in [5, 5.41) is 4.31. The zero-order valence-corrected chi connectivity index (χ0v) is 19.5. The van der Waals surface area contributed by atoms with Crippen molar-refractivity contribution in [3.05, 3.63) is 70.8 Å². The molecule has 34 heavy (non-hydrogen) atoms. The van der Waals surface area contributed by atoms with Crippen LogP contribution in [0.4, 0.5) is 13.2 Å². The van der Waals surface area contributed by atoms with Crippen molar-refractivity contribution in [2.75, 3.05) is 6.61 Å². The van der Waals surface area contributed by atoms with Crippen LogP contribution in [0, 0.1) is 6.92 Å². The van der Waals surface area contributed by atoms with Crippen LogP contribution in [0.15, 0.2) is 63.6 Å². The maximum Gasteiger partial charge on any atom is 0.573 e. The van der Waals surface area contributed by atoms with Gasteiger partial charge in [-0.15, -0.1) is 13.2 Å². The van der Waals surface area contributed by atoms with E-state index in [0.29, 0.717) is 34.2 Å². The van der Waals surface area contributed by atoms with E-state index in [-0.39, 0.29) is 18.1 Å². The Kier molecular flexibility index (Phi) is 6.47. The predicted molar refractivity (Wildman–Crippen MR) is 120 cm³/mol. The lowest BCUT2D eigenvalue weighted by atomic mass is 10.0. The van der Waals surface area contributed by atoms with Gasteiger partial charge >= 0.3 is 12.3 Å². The van der Waals surface area contributed by atoms with Crippen molar-refractivity contribution in [2.45, 2.75) is 20.2 Å². The smallest absolute Gasteiger partial charge is 0.461 e. The molecule has 0 aliphatic rings. The topological polar surface area (TPSA) is 79.4 Å². The van der Waals surface area contributed by atoms with E-state index in [0.717, 1.165) is 4.47 Å². The zero-order chi connectivity index (χ0) is 24.5. The molecule has 0 saturated carbocycles. The molecule has 0 bridgehead atoms. The summed E-state index contributed by atoms with van der Waals surface area (Å²) in [4.78, 5) is 16.5. The summed E-state index contributed by atoms with van der Waals surface area (Å²) in [5.74, 6) is -0.146. The number of hydrogen-bond acceptors (Lipinski definition) is 6. The summed E-state index contributed by atoms with van der Waals surface area (Å²) in [6.45, 7) is 3.60. The van der Waals surface area contributed by atoms with E-state index in [1.54, 1.807) is 38.2 Å². The molecule has 7 nitrogen and oxygen atoms in total. The number of carbonyl (C=O) groups excluding carboxylic acids is 1. The summed E-state index contributed by atoms with van der Waals surface area (Å²) in [6, 6.07) is 12.3. The molecule has 0 aliphatic carbocycles. The molecule has 0 spiro atoms. The number of rotatable bonds is 6. The summed E-state index contributed by atoms with van der Waals surface area (Å²) in [7, 11) is 0. The van der Waals surface area contributed by atoms with Gasteiger partial charge in [0.25, 0.3) is 0 Å². The molecule has 0 aliphatic heterocycles. The molecule has 0 N–H and O–H groups in total. The van der Waals surface area contributed by atoms with Crippen LogP contribution in [0.25, 0.3) is 28.3 Å². The van der Waals surface area contributed by atoms with Gasteiger partial charge in [-0.1, -0.05) is 15.9 Å². The Balaban J connectivity index is 1.77. The number of nitrogens with zero attached hydrogens (tertiary/aromatic N) is 3. The SMILES string of the molecule is CCOC(=O)c1ccn(-c2ccc(Br)cc2-c2oc(C)nc2-c2ccc(OC(F)(F)F)cc2)n1. The molecule has 176 valence electrons. The third kappa shape index (κ3) is 5.14. The van der Waals surface area contributed by atoms with Gasteiger partial charge in [0, 0.05) is 28.7 Å². The van der Waals surface area contributed by atoms with Crippen molar-refractivity contribution in [3.8, 4) is 34.0 Å². The van der Waals surface area contributed by atoms with Crippen LogP contribution in [-0.2, 0) is 4.74 Å². The van der Waals surface area contributed by atoms with E-state index in [4.69, 9.17) is 9.15 Å². The van der Waals surface area contributed by atoms with Crippen molar-refractivity contribution >= 4 is 21.9 Å². The van der Waals surface area contributed by atoms with Gasteiger partial charge in [0.1, 0.15) is 11.4 Å². The molecule has 0 amide bonds. The summed E-state index contributed by atoms with van der Waals surface area (Å²) in [5.41, 5.74) is 2.28. The molecule has 0 unspecified atom stereocenters. The number of benzene rings is 2. The zero-order valence-electron chi connectivity index (χ0n) is 17.9. The number of aryl methyl sites for hydroxylation is 1. The molecule has 11 heteroatoms. The quantitative estimate of drug-likeness (QED) is 0.268. The third-order valence-electron chi connectivity index (χ3n) is 4.62. The van der Waals surface area contributed by atoms with Gasteiger partial charge in [-0.25, -0.2) is 14.5 Å². The molecular weight excluding hydrogens is 519 g/mol. The lowest BCUT2D eigenvalue weighted by molar-refractivity contribution is -0.274. The van der Waals surface area contributed by atoms with E-state index in [1.165, 1.54) is 35.0 Å². The molecule has 0 saturated heterocycles. The first kappa shape index (κ1) is 23.6. The average Bonchev–Trinajstić information content (AvgIpc) is 3.40. The Morgan fingerprint density at radius 1 is 1.15 bits per heavy atom. The molecule has 0 radical (unpaired) electrons. The number of hydrogen-bond donors (Lipinski definition) is 0. The molecule has 2 aromatic carbocycles. The maximum atomic E-state index is 12.5. The maximum absolute atomic E-state index is 12.5. The minimum Gasteiger partial charge on any atom is -0.461 e. The molecule has 4 aromatic rings.